The molecule has 0 fully saturated rings. The Labute approximate surface area is 126 Å². The molecule has 0 atom stereocenters. The minimum absolute atomic E-state index is 0.667. The quantitative estimate of drug-likeness (QED) is 0.857. The van der Waals surface area contributed by atoms with Crippen molar-refractivity contribution >= 4 is 11.8 Å². The molecular weight excluding hydrogens is 264 g/mol. The van der Waals surface area contributed by atoms with E-state index in [1.807, 2.05) is 12.3 Å². The molecule has 0 unspecified atom stereocenters. The topological polar surface area (TPSA) is 24.9 Å². The lowest BCUT2D eigenvalue weighted by Gasteiger charge is -2.10. The monoisotopic (exact) mass is 286 g/mol. The summed E-state index contributed by atoms with van der Waals surface area (Å²) in [4.78, 5) is 5.75. The van der Waals surface area contributed by atoms with Gasteiger partial charge < -0.3 is 5.32 Å². The maximum atomic E-state index is 4.52. The molecule has 106 valence electrons. The molecule has 1 N–H and O–H groups in total. The van der Waals surface area contributed by atoms with E-state index in [1.165, 1.54) is 16.0 Å². The Kier molecular flexibility index (Phi) is 5.62. The second kappa shape index (κ2) is 7.46. The lowest BCUT2D eigenvalue weighted by molar-refractivity contribution is 0.549. The maximum Gasteiger partial charge on any atom is 0.105 e. The maximum absolute atomic E-state index is 4.52. The molecule has 0 amide bonds. The molecule has 1 aromatic heterocycles. The number of nitrogens with zero attached hydrogens (tertiary/aromatic N) is 1. The van der Waals surface area contributed by atoms with Crippen LogP contribution >= 0.6 is 11.8 Å². The summed E-state index contributed by atoms with van der Waals surface area (Å²) < 4.78 is 0. The average molecular weight is 286 g/mol. The first-order chi connectivity index (χ1) is 9.65. The van der Waals surface area contributed by atoms with E-state index in [9.17, 15) is 0 Å². The third-order valence-electron chi connectivity index (χ3n) is 2.95. The molecular formula is C17H22N2S. The highest BCUT2D eigenvalue weighted by Gasteiger charge is 2.05. The Hall–Kier alpha value is -1.32. The van der Waals surface area contributed by atoms with Gasteiger partial charge in [-0.3, -0.25) is 0 Å². The minimum Gasteiger partial charge on any atom is -0.312 e. The number of aryl methyl sites for hydroxylation is 1. The molecule has 1 heterocycles. The van der Waals surface area contributed by atoms with Crippen molar-refractivity contribution in [3.63, 3.8) is 0 Å². The van der Waals surface area contributed by atoms with Crippen LogP contribution in [0.25, 0.3) is 0 Å². The Morgan fingerprint density at radius 2 is 1.90 bits per heavy atom. The molecule has 0 aliphatic carbocycles. The van der Waals surface area contributed by atoms with Crippen molar-refractivity contribution in [3.05, 3.63) is 53.7 Å². The zero-order valence-corrected chi connectivity index (χ0v) is 13.2. The minimum atomic E-state index is 0.667. The van der Waals surface area contributed by atoms with E-state index in [0.29, 0.717) is 5.92 Å². The number of nitrogens with one attached hydrogen (secondary N) is 1. The van der Waals surface area contributed by atoms with E-state index >= 15 is 0 Å². The molecule has 2 nitrogen and oxygen atoms in total. The van der Waals surface area contributed by atoms with Crippen LogP contribution in [0, 0.1) is 12.8 Å². The van der Waals surface area contributed by atoms with E-state index in [-0.39, 0.29) is 0 Å². The fourth-order valence-corrected chi connectivity index (χ4v) is 2.74. The molecule has 0 aliphatic rings. The molecule has 0 bridgehead atoms. The van der Waals surface area contributed by atoms with E-state index < -0.39 is 0 Å². The van der Waals surface area contributed by atoms with Crippen molar-refractivity contribution in [2.24, 2.45) is 5.92 Å². The van der Waals surface area contributed by atoms with Gasteiger partial charge in [-0.15, -0.1) is 0 Å². The summed E-state index contributed by atoms with van der Waals surface area (Å²) in [6, 6.07) is 12.7. The second-order valence-corrected chi connectivity index (χ2v) is 6.47. The van der Waals surface area contributed by atoms with Crippen LogP contribution in [0.4, 0.5) is 0 Å². The summed E-state index contributed by atoms with van der Waals surface area (Å²) in [6.45, 7) is 8.45. The Bertz CT molecular complexity index is 535. The summed E-state index contributed by atoms with van der Waals surface area (Å²) in [5.74, 6) is 0.667. The van der Waals surface area contributed by atoms with Crippen LogP contribution in [0.2, 0.25) is 0 Å². The van der Waals surface area contributed by atoms with Gasteiger partial charge in [0.1, 0.15) is 5.03 Å². The predicted molar refractivity (Wildman–Crippen MR) is 86.1 cm³/mol. The Balaban J connectivity index is 2.05. The lowest BCUT2D eigenvalue weighted by Crippen LogP contribution is -2.19. The molecule has 3 heteroatoms. The van der Waals surface area contributed by atoms with Crippen molar-refractivity contribution in [1.82, 2.24) is 10.3 Å². The van der Waals surface area contributed by atoms with E-state index in [2.05, 4.69) is 61.4 Å². The summed E-state index contributed by atoms with van der Waals surface area (Å²) in [6.07, 6.45) is 1.86. The third kappa shape index (κ3) is 4.66. The SMILES string of the molecule is Cc1ccc(Sc2ncccc2CNCC(C)C)cc1. The van der Waals surface area contributed by atoms with Crippen LogP contribution in [-0.4, -0.2) is 11.5 Å². The van der Waals surface area contributed by atoms with Gasteiger partial charge in [0.05, 0.1) is 0 Å². The third-order valence-corrected chi connectivity index (χ3v) is 4.02. The largest absolute Gasteiger partial charge is 0.312 e. The number of aromatic nitrogens is 1. The number of benzene rings is 1. The van der Waals surface area contributed by atoms with E-state index in [4.69, 9.17) is 0 Å². The van der Waals surface area contributed by atoms with Crippen LogP contribution in [0.1, 0.15) is 25.0 Å². The average Bonchev–Trinajstić information content (AvgIpc) is 2.43. The van der Waals surface area contributed by atoms with Gasteiger partial charge in [0.15, 0.2) is 0 Å². The lowest BCUT2D eigenvalue weighted by atomic mass is 10.2. The highest BCUT2D eigenvalue weighted by Crippen LogP contribution is 2.28. The fourth-order valence-electron chi connectivity index (χ4n) is 1.86. The van der Waals surface area contributed by atoms with Gasteiger partial charge >= 0.3 is 0 Å². The first-order valence-corrected chi connectivity index (χ1v) is 7.86. The molecule has 0 spiro atoms. The number of hydrogen-bond acceptors (Lipinski definition) is 3. The van der Waals surface area contributed by atoms with Crippen LogP contribution < -0.4 is 5.32 Å². The normalized spacial score (nSPS) is 11.0. The van der Waals surface area contributed by atoms with Crippen LogP contribution in [0.15, 0.2) is 52.5 Å². The molecule has 0 saturated carbocycles. The molecule has 2 aromatic rings. The summed E-state index contributed by atoms with van der Waals surface area (Å²) >= 11 is 1.73. The van der Waals surface area contributed by atoms with Crippen molar-refractivity contribution in [3.8, 4) is 0 Å². The Morgan fingerprint density at radius 3 is 2.60 bits per heavy atom. The molecule has 1 aromatic carbocycles. The first kappa shape index (κ1) is 15.1. The standard InChI is InChI=1S/C17H22N2S/c1-13(2)11-18-12-15-5-4-10-19-17(15)20-16-8-6-14(3)7-9-16/h4-10,13,18H,11-12H2,1-3H3. The smallest absolute Gasteiger partial charge is 0.105 e. The summed E-state index contributed by atoms with van der Waals surface area (Å²) in [5.41, 5.74) is 2.55. The highest BCUT2D eigenvalue weighted by molar-refractivity contribution is 7.99. The van der Waals surface area contributed by atoms with Crippen LogP contribution in [0.3, 0.4) is 0 Å². The van der Waals surface area contributed by atoms with Crippen molar-refractivity contribution in [1.29, 1.82) is 0 Å². The van der Waals surface area contributed by atoms with Gasteiger partial charge in [-0.05, 0) is 43.1 Å². The zero-order valence-electron chi connectivity index (χ0n) is 12.4. The van der Waals surface area contributed by atoms with Crippen LogP contribution in [0.5, 0.6) is 0 Å². The van der Waals surface area contributed by atoms with Gasteiger partial charge in [-0.25, -0.2) is 4.98 Å². The molecule has 2 rings (SSSR count). The van der Waals surface area contributed by atoms with Crippen molar-refractivity contribution < 1.29 is 0 Å². The summed E-state index contributed by atoms with van der Waals surface area (Å²) in [7, 11) is 0. The second-order valence-electron chi connectivity index (χ2n) is 5.41. The number of pyridine rings is 1. The zero-order chi connectivity index (χ0) is 14.4. The molecule has 0 aliphatic heterocycles. The van der Waals surface area contributed by atoms with Gasteiger partial charge in [-0.2, -0.15) is 0 Å². The van der Waals surface area contributed by atoms with Gasteiger partial charge in [0.2, 0.25) is 0 Å². The number of rotatable bonds is 6. The Morgan fingerprint density at radius 1 is 1.15 bits per heavy atom. The molecule has 0 radical (unpaired) electrons. The van der Waals surface area contributed by atoms with E-state index in [0.717, 1.165) is 18.1 Å². The molecule has 0 saturated heterocycles. The van der Waals surface area contributed by atoms with Gasteiger partial charge in [0.25, 0.3) is 0 Å². The van der Waals surface area contributed by atoms with Crippen LogP contribution in [-0.2, 0) is 6.54 Å². The number of hydrogen-bond donors (Lipinski definition) is 1. The van der Waals surface area contributed by atoms with Gasteiger partial charge in [-0.1, -0.05) is 49.4 Å². The van der Waals surface area contributed by atoms with Crippen molar-refractivity contribution in [2.75, 3.05) is 6.54 Å². The van der Waals surface area contributed by atoms with E-state index in [1.54, 1.807) is 11.8 Å². The highest BCUT2D eigenvalue weighted by atomic mass is 32.2. The summed E-state index contributed by atoms with van der Waals surface area (Å²) in [5, 5.41) is 4.57. The molecule has 20 heavy (non-hydrogen) atoms. The predicted octanol–water partition coefficient (Wildman–Crippen LogP) is 4.29. The van der Waals surface area contributed by atoms with Gasteiger partial charge in [0, 0.05) is 17.6 Å². The fraction of sp³-hybridized carbons (Fsp3) is 0.353. The van der Waals surface area contributed by atoms with Crippen molar-refractivity contribution in [2.45, 2.75) is 37.2 Å². The first-order valence-electron chi connectivity index (χ1n) is 7.04.